The molecule has 0 saturated heterocycles. The Morgan fingerprint density at radius 2 is 2.00 bits per heavy atom. The molecule has 0 radical (unpaired) electrons. The summed E-state index contributed by atoms with van der Waals surface area (Å²) in [4.78, 5) is 22.6. The third-order valence-corrected chi connectivity index (χ3v) is 3.28. The van der Waals surface area contributed by atoms with Gasteiger partial charge in [-0.2, -0.15) is 0 Å². The van der Waals surface area contributed by atoms with E-state index in [1.54, 1.807) is 18.2 Å². The van der Waals surface area contributed by atoms with E-state index in [2.05, 4.69) is 5.32 Å². The standard InChI is InChI=1S/C16H12N2O5/c1-22-14-7-6-11(9-12(14)18(20)21)17-16(19)15-8-10-4-2-3-5-13(10)23-15/h2-9H,1H3,(H,17,19). The molecule has 0 fully saturated rings. The summed E-state index contributed by atoms with van der Waals surface area (Å²) in [5.74, 6) is -0.234. The van der Waals surface area contributed by atoms with Crippen molar-refractivity contribution in [2.45, 2.75) is 0 Å². The number of nitrogens with one attached hydrogen (secondary N) is 1. The maximum atomic E-state index is 12.2. The normalized spacial score (nSPS) is 10.5. The third kappa shape index (κ3) is 2.84. The summed E-state index contributed by atoms with van der Waals surface area (Å²) in [6, 6.07) is 13.0. The number of hydrogen-bond donors (Lipinski definition) is 1. The number of carbonyl (C=O) groups is 1. The second-order valence-corrected chi connectivity index (χ2v) is 4.75. The van der Waals surface area contributed by atoms with E-state index in [1.807, 2.05) is 12.1 Å². The number of nitro groups is 1. The second kappa shape index (κ2) is 5.80. The first-order chi connectivity index (χ1) is 11.1. The molecule has 1 aromatic heterocycles. The van der Waals surface area contributed by atoms with Gasteiger partial charge in [-0.05, 0) is 24.3 Å². The molecule has 1 N–H and O–H groups in total. The van der Waals surface area contributed by atoms with Gasteiger partial charge >= 0.3 is 5.69 Å². The lowest BCUT2D eigenvalue weighted by atomic mass is 10.2. The Hall–Kier alpha value is -3.35. The lowest BCUT2D eigenvalue weighted by molar-refractivity contribution is -0.385. The smallest absolute Gasteiger partial charge is 0.312 e. The van der Waals surface area contributed by atoms with E-state index < -0.39 is 10.8 Å². The van der Waals surface area contributed by atoms with Crippen LogP contribution in [-0.2, 0) is 0 Å². The molecule has 0 aliphatic rings. The summed E-state index contributed by atoms with van der Waals surface area (Å²) in [5.41, 5.74) is 0.649. The molecule has 1 amide bonds. The number of furan rings is 1. The highest BCUT2D eigenvalue weighted by Crippen LogP contribution is 2.30. The van der Waals surface area contributed by atoms with Gasteiger partial charge in [0.05, 0.1) is 12.0 Å². The van der Waals surface area contributed by atoms with Crippen molar-refractivity contribution in [3.63, 3.8) is 0 Å². The Morgan fingerprint density at radius 1 is 1.22 bits per heavy atom. The summed E-state index contributed by atoms with van der Waals surface area (Å²) in [7, 11) is 1.34. The Morgan fingerprint density at radius 3 is 2.70 bits per heavy atom. The van der Waals surface area contributed by atoms with Gasteiger partial charge < -0.3 is 14.5 Å². The molecule has 0 aliphatic heterocycles. The first-order valence-corrected chi connectivity index (χ1v) is 6.71. The minimum Gasteiger partial charge on any atom is -0.490 e. The van der Waals surface area contributed by atoms with E-state index in [-0.39, 0.29) is 22.9 Å². The molecule has 2 aromatic carbocycles. The fourth-order valence-corrected chi connectivity index (χ4v) is 2.20. The molecule has 0 atom stereocenters. The minimum atomic E-state index is -0.574. The number of anilines is 1. The third-order valence-electron chi connectivity index (χ3n) is 3.28. The summed E-state index contributed by atoms with van der Waals surface area (Å²) in [5, 5.41) is 14.4. The number of hydrogen-bond acceptors (Lipinski definition) is 5. The Kier molecular flexibility index (Phi) is 3.68. The number of rotatable bonds is 4. The van der Waals surface area contributed by atoms with Gasteiger partial charge in [0.15, 0.2) is 11.5 Å². The zero-order valence-electron chi connectivity index (χ0n) is 12.1. The quantitative estimate of drug-likeness (QED) is 0.586. The maximum Gasteiger partial charge on any atom is 0.312 e. The molecule has 0 bridgehead atoms. The molecule has 7 nitrogen and oxygen atoms in total. The number of carbonyl (C=O) groups excluding carboxylic acids is 1. The van der Waals surface area contributed by atoms with Crippen LogP contribution < -0.4 is 10.1 Å². The molecule has 23 heavy (non-hydrogen) atoms. The number of para-hydroxylation sites is 1. The molecule has 3 rings (SSSR count). The Bertz CT molecular complexity index is 867. The van der Waals surface area contributed by atoms with Gasteiger partial charge in [-0.25, -0.2) is 0 Å². The highest BCUT2D eigenvalue weighted by molar-refractivity contribution is 6.04. The topological polar surface area (TPSA) is 94.6 Å². The Labute approximate surface area is 130 Å². The zero-order chi connectivity index (χ0) is 16.4. The van der Waals surface area contributed by atoms with Crippen LogP contribution in [0, 0.1) is 10.1 Å². The van der Waals surface area contributed by atoms with Crippen molar-refractivity contribution in [3.8, 4) is 5.75 Å². The van der Waals surface area contributed by atoms with Gasteiger partial charge in [0.25, 0.3) is 5.91 Å². The fourth-order valence-electron chi connectivity index (χ4n) is 2.20. The van der Waals surface area contributed by atoms with Gasteiger partial charge in [0.2, 0.25) is 0 Å². The number of benzene rings is 2. The van der Waals surface area contributed by atoms with Crippen LogP contribution in [0.5, 0.6) is 5.75 Å². The van der Waals surface area contributed by atoms with E-state index in [1.165, 1.54) is 25.3 Å². The zero-order valence-corrected chi connectivity index (χ0v) is 12.1. The van der Waals surface area contributed by atoms with Crippen molar-refractivity contribution in [2.75, 3.05) is 12.4 Å². The number of nitro benzene ring substituents is 1. The fraction of sp³-hybridized carbons (Fsp3) is 0.0625. The van der Waals surface area contributed by atoms with Crippen molar-refractivity contribution in [2.24, 2.45) is 0 Å². The molecule has 0 saturated carbocycles. The highest BCUT2D eigenvalue weighted by atomic mass is 16.6. The van der Waals surface area contributed by atoms with Crippen molar-refractivity contribution in [3.05, 3.63) is 64.4 Å². The summed E-state index contributed by atoms with van der Waals surface area (Å²) in [6.07, 6.45) is 0. The molecule has 0 unspecified atom stereocenters. The average molecular weight is 312 g/mol. The summed E-state index contributed by atoms with van der Waals surface area (Å²) < 4.78 is 10.4. The van der Waals surface area contributed by atoms with Crippen LogP contribution in [0.25, 0.3) is 11.0 Å². The number of amides is 1. The summed E-state index contributed by atoms with van der Waals surface area (Å²) in [6.45, 7) is 0. The molecule has 116 valence electrons. The van der Waals surface area contributed by atoms with Gasteiger partial charge in [0.1, 0.15) is 5.58 Å². The van der Waals surface area contributed by atoms with E-state index in [4.69, 9.17) is 9.15 Å². The van der Waals surface area contributed by atoms with E-state index in [0.717, 1.165) is 5.39 Å². The van der Waals surface area contributed by atoms with Gasteiger partial charge in [-0.1, -0.05) is 18.2 Å². The molecule has 0 spiro atoms. The number of ether oxygens (including phenoxy) is 1. The predicted octanol–water partition coefficient (Wildman–Crippen LogP) is 3.60. The lowest BCUT2D eigenvalue weighted by Gasteiger charge is -2.05. The van der Waals surface area contributed by atoms with Crippen LogP contribution in [0.4, 0.5) is 11.4 Å². The lowest BCUT2D eigenvalue weighted by Crippen LogP contribution is -2.11. The van der Waals surface area contributed by atoms with Gasteiger partial charge in [-0.3, -0.25) is 14.9 Å². The van der Waals surface area contributed by atoms with E-state index in [0.29, 0.717) is 5.58 Å². The monoisotopic (exact) mass is 312 g/mol. The van der Waals surface area contributed by atoms with Crippen molar-refractivity contribution < 1.29 is 18.9 Å². The Balaban J connectivity index is 1.87. The highest BCUT2D eigenvalue weighted by Gasteiger charge is 2.18. The molecular weight excluding hydrogens is 300 g/mol. The largest absolute Gasteiger partial charge is 0.490 e. The molecule has 1 heterocycles. The number of fused-ring (bicyclic) bond motifs is 1. The van der Waals surface area contributed by atoms with Crippen LogP contribution in [0.3, 0.4) is 0 Å². The minimum absolute atomic E-state index is 0.122. The average Bonchev–Trinajstić information content (AvgIpc) is 2.99. The summed E-state index contributed by atoms with van der Waals surface area (Å²) >= 11 is 0. The second-order valence-electron chi connectivity index (χ2n) is 4.75. The van der Waals surface area contributed by atoms with Crippen molar-refractivity contribution >= 4 is 28.3 Å². The maximum absolute atomic E-state index is 12.2. The van der Waals surface area contributed by atoms with Crippen molar-refractivity contribution in [1.82, 2.24) is 0 Å². The van der Waals surface area contributed by atoms with Gasteiger partial charge in [-0.15, -0.1) is 0 Å². The number of nitrogens with zero attached hydrogens (tertiary/aromatic N) is 1. The molecule has 0 aliphatic carbocycles. The predicted molar refractivity (Wildman–Crippen MR) is 83.8 cm³/mol. The molecule has 3 aromatic rings. The van der Waals surface area contributed by atoms with Crippen LogP contribution in [0.1, 0.15) is 10.6 Å². The van der Waals surface area contributed by atoms with Crippen LogP contribution >= 0.6 is 0 Å². The van der Waals surface area contributed by atoms with E-state index in [9.17, 15) is 14.9 Å². The van der Waals surface area contributed by atoms with Crippen molar-refractivity contribution in [1.29, 1.82) is 0 Å². The molecular formula is C16H12N2O5. The number of methoxy groups -OCH3 is 1. The van der Waals surface area contributed by atoms with Crippen LogP contribution in [0.2, 0.25) is 0 Å². The molecule has 7 heteroatoms. The van der Waals surface area contributed by atoms with E-state index >= 15 is 0 Å². The SMILES string of the molecule is COc1ccc(NC(=O)c2cc3ccccc3o2)cc1[N+](=O)[O-]. The first-order valence-electron chi connectivity index (χ1n) is 6.71. The van der Waals surface area contributed by atoms with Crippen LogP contribution in [0.15, 0.2) is 52.9 Å². The van der Waals surface area contributed by atoms with Gasteiger partial charge in [0, 0.05) is 17.1 Å². The van der Waals surface area contributed by atoms with Crippen LogP contribution in [-0.4, -0.2) is 17.9 Å². The first kappa shape index (κ1) is 14.6.